The Morgan fingerprint density at radius 1 is 0.312 bits per heavy atom. The maximum atomic E-state index is 6.90. The zero-order valence-corrected chi connectivity index (χ0v) is 52.5. The molecular weight excluding hydrogens is 1280 g/mol. The molecule has 2 spiro atoms. The molecule has 21 rings (SSSR count). The van der Waals surface area contributed by atoms with Gasteiger partial charge in [-0.2, -0.15) is 0 Å². The summed E-state index contributed by atoms with van der Waals surface area (Å²) in [6.07, 6.45) is 19.9. The molecule has 13 heteroatoms. The van der Waals surface area contributed by atoms with Gasteiger partial charge in [-0.3, -0.25) is 34.9 Å². The van der Waals surface area contributed by atoms with Gasteiger partial charge in [-0.15, -0.1) is 0 Å². The Balaban J connectivity index is 0.000000124. The summed E-state index contributed by atoms with van der Waals surface area (Å²) in [5, 5.41) is 4.69. The molecule has 7 aromatic carbocycles. The highest BCUT2D eigenvalue weighted by molar-refractivity contribution is 9.10. The Labute approximate surface area is 549 Å². The highest BCUT2D eigenvalue weighted by Crippen LogP contribution is 2.64. The van der Waals surface area contributed by atoms with Crippen molar-refractivity contribution in [3.63, 3.8) is 0 Å². The van der Waals surface area contributed by atoms with Gasteiger partial charge >= 0.3 is 0 Å². The average molecular weight is 1330 g/mol. The van der Waals surface area contributed by atoms with E-state index in [9.17, 15) is 0 Å². The summed E-state index contributed by atoms with van der Waals surface area (Å²) < 4.78 is 19.9. The Morgan fingerprint density at radius 2 is 0.699 bits per heavy atom. The lowest BCUT2D eigenvalue weighted by atomic mass is 9.66. The highest BCUT2D eigenvalue weighted by atomic mass is 79.9. The average Bonchev–Trinajstić information content (AvgIpc) is 1.58. The van der Waals surface area contributed by atoms with E-state index in [0.29, 0.717) is 0 Å². The van der Waals surface area contributed by atoms with Gasteiger partial charge in [0.15, 0.2) is 0 Å². The first kappa shape index (κ1) is 53.6. The van der Waals surface area contributed by atoms with Crippen molar-refractivity contribution in [3.8, 4) is 68.3 Å². The highest BCUT2D eigenvalue weighted by Gasteiger charge is 2.54. The lowest BCUT2D eigenvalue weighted by Crippen LogP contribution is -2.32. The quantitative estimate of drug-likeness (QED) is 0.167. The van der Waals surface area contributed by atoms with Crippen LogP contribution in [0.1, 0.15) is 55.6 Å². The minimum atomic E-state index is -0.768. The largest absolute Gasteiger partial charge is 0.457 e. The van der Waals surface area contributed by atoms with E-state index < -0.39 is 10.8 Å². The molecule has 11 nitrogen and oxygen atoms in total. The number of nitrogens with zero attached hydrogens (tertiary/aromatic N) is 9. The van der Waals surface area contributed by atoms with E-state index in [1.165, 1.54) is 33.0 Å². The van der Waals surface area contributed by atoms with Gasteiger partial charge in [0.2, 0.25) is 0 Å². The molecule has 93 heavy (non-hydrogen) atoms. The third-order valence-electron chi connectivity index (χ3n) is 19.2. The number of benzene rings is 7. The van der Waals surface area contributed by atoms with Crippen LogP contribution in [0.4, 0.5) is 0 Å². The van der Waals surface area contributed by atoms with Crippen molar-refractivity contribution >= 4 is 75.5 Å². The molecule has 5 aliphatic rings. The van der Waals surface area contributed by atoms with Crippen LogP contribution in [-0.2, 0) is 17.3 Å². The van der Waals surface area contributed by atoms with Crippen LogP contribution < -0.4 is 9.47 Å². The standard InChI is InChI=1S/C45H26N6O.C23H12Br2N2O.C12H9N/c1-3-11-37-29(7-1)31-17-21-46-25-39(31)50(37)27-13-15-41-35(23-27)45(33-9-5-19-48-43(33)44-34(45)10-6-20-49-44)36-24-28(14-16-42(36)52-41)51-38-12-4-2-8-30(38)32-18-22-47-26-40(32)51;24-13-5-7-19-17(11-13)23(18-12-14(25)6-8-20(18)28-19)15-3-1-9-26-21(15)22-16(23)4-2-10-27-22;1-2-4-11-9(3-1)7-10-8-13-6-5-12(10)11/h1-26H;1-12H;1-6,8H,7H2. The summed E-state index contributed by atoms with van der Waals surface area (Å²) in [6, 6.07) is 74.2. The molecule has 3 aliphatic carbocycles. The fourth-order valence-corrected chi connectivity index (χ4v) is 16.3. The Bertz CT molecular complexity index is 5380. The Morgan fingerprint density at radius 3 is 1.18 bits per heavy atom. The fraction of sp³-hybridized carbons (Fsp3) is 0.0375. The minimum absolute atomic E-state index is 0.524. The third kappa shape index (κ3) is 7.72. The molecule has 0 amide bonds. The van der Waals surface area contributed by atoms with Crippen LogP contribution in [0.5, 0.6) is 23.0 Å². The molecule has 2 aliphatic heterocycles. The van der Waals surface area contributed by atoms with Crippen molar-refractivity contribution in [2.45, 2.75) is 17.3 Å². The van der Waals surface area contributed by atoms with Crippen molar-refractivity contribution in [1.29, 1.82) is 0 Å². The predicted molar refractivity (Wildman–Crippen MR) is 371 cm³/mol. The summed E-state index contributed by atoms with van der Waals surface area (Å²) in [4.78, 5) is 32.6. The SMILES string of the molecule is Brc1ccc2c(c1)C1(c3cc(Br)ccc3O2)c2cccnc2-c2ncccc21.c1ccc2c(c1)Cc1cnccc1-2.c1cnc2c(c1)C1(c3cc(-n4c5ccccc5c5ccncc54)ccc3Oc3ccc(-n4c5ccccc5c5ccncc54)cc31)c1cccnc1-2. The lowest BCUT2D eigenvalue weighted by molar-refractivity contribution is 0.435. The fourth-order valence-electron chi connectivity index (χ4n) is 15.6. The van der Waals surface area contributed by atoms with Crippen LogP contribution in [-0.4, -0.2) is 44.0 Å². The van der Waals surface area contributed by atoms with Gasteiger partial charge in [-0.1, -0.05) is 117 Å². The van der Waals surface area contributed by atoms with Crippen LogP contribution in [0.25, 0.3) is 88.9 Å². The number of halogens is 2. The van der Waals surface area contributed by atoms with Crippen molar-refractivity contribution in [2.75, 3.05) is 0 Å². The van der Waals surface area contributed by atoms with Crippen molar-refractivity contribution in [2.24, 2.45) is 0 Å². The molecule has 9 aromatic heterocycles. The zero-order chi connectivity index (χ0) is 61.5. The number of hydrogen-bond donors (Lipinski definition) is 0. The molecule has 0 saturated heterocycles. The summed E-state index contributed by atoms with van der Waals surface area (Å²) >= 11 is 7.32. The van der Waals surface area contributed by atoms with Gasteiger partial charge in [-0.05, 0) is 172 Å². The molecule has 0 N–H and O–H groups in total. The van der Waals surface area contributed by atoms with Crippen LogP contribution in [0.3, 0.4) is 0 Å². The molecule has 0 fully saturated rings. The number of ether oxygens (including phenoxy) is 2. The third-order valence-corrected chi connectivity index (χ3v) is 20.2. The van der Waals surface area contributed by atoms with E-state index in [4.69, 9.17) is 29.4 Å². The van der Waals surface area contributed by atoms with Crippen molar-refractivity contribution in [1.82, 2.24) is 44.0 Å². The van der Waals surface area contributed by atoms with E-state index >= 15 is 0 Å². The van der Waals surface area contributed by atoms with E-state index in [-0.39, 0.29) is 0 Å². The van der Waals surface area contributed by atoms with Gasteiger partial charge in [0, 0.05) is 120 Å². The topological polar surface area (TPSA) is 119 Å². The Kier molecular flexibility index (Phi) is 11.9. The Hall–Kier alpha value is -11.3. The summed E-state index contributed by atoms with van der Waals surface area (Å²) in [7, 11) is 0. The zero-order valence-electron chi connectivity index (χ0n) is 49.3. The van der Waals surface area contributed by atoms with E-state index in [1.807, 2.05) is 110 Å². The first-order chi connectivity index (χ1) is 45.9. The molecule has 0 saturated carbocycles. The molecule has 0 bridgehead atoms. The second-order valence-electron chi connectivity index (χ2n) is 23.8. The maximum absolute atomic E-state index is 6.90. The number of aromatic nitrogens is 9. The van der Waals surface area contributed by atoms with Crippen LogP contribution in [0.15, 0.2) is 283 Å². The number of fused-ring (bicyclic) bond motifs is 27. The van der Waals surface area contributed by atoms with Gasteiger partial charge in [0.05, 0.1) is 68.1 Å². The smallest absolute Gasteiger partial charge is 0.132 e. The summed E-state index contributed by atoms with van der Waals surface area (Å²) in [5.74, 6) is 3.31. The first-order valence-corrected chi connectivity index (χ1v) is 32.3. The number of pyridine rings is 7. The summed E-state index contributed by atoms with van der Waals surface area (Å²) in [6.45, 7) is 0. The van der Waals surface area contributed by atoms with Gasteiger partial charge < -0.3 is 18.6 Å². The van der Waals surface area contributed by atoms with E-state index in [0.717, 1.165) is 150 Å². The van der Waals surface area contributed by atoms with Gasteiger partial charge in [0.25, 0.3) is 0 Å². The molecule has 0 radical (unpaired) electrons. The maximum Gasteiger partial charge on any atom is 0.132 e. The lowest BCUT2D eigenvalue weighted by Gasteiger charge is -2.39. The van der Waals surface area contributed by atoms with E-state index in [2.05, 4.69) is 220 Å². The molecular formula is C80H47Br2N9O2. The van der Waals surface area contributed by atoms with Gasteiger partial charge in [0.1, 0.15) is 23.0 Å². The van der Waals surface area contributed by atoms with Gasteiger partial charge in [-0.25, -0.2) is 0 Å². The predicted octanol–water partition coefficient (Wildman–Crippen LogP) is 19.1. The van der Waals surface area contributed by atoms with Crippen molar-refractivity contribution in [3.05, 3.63) is 339 Å². The normalized spacial score (nSPS) is 13.8. The number of hydrogen-bond acceptors (Lipinski definition) is 9. The van der Waals surface area contributed by atoms with Crippen LogP contribution >= 0.6 is 31.9 Å². The minimum Gasteiger partial charge on any atom is -0.457 e. The van der Waals surface area contributed by atoms with Crippen LogP contribution in [0.2, 0.25) is 0 Å². The number of rotatable bonds is 2. The van der Waals surface area contributed by atoms with Crippen LogP contribution in [0, 0.1) is 0 Å². The second kappa shape index (κ2) is 20.6. The molecule has 0 unspecified atom stereocenters. The summed E-state index contributed by atoms with van der Waals surface area (Å²) in [5.41, 5.74) is 22.9. The molecule has 11 heterocycles. The second-order valence-corrected chi connectivity index (χ2v) is 25.6. The molecule has 16 aromatic rings. The van der Waals surface area contributed by atoms with E-state index in [1.54, 1.807) is 0 Å². The number of para-hydroxylation sites is 2. The first-order valence-electron chi connectivity index (χ1n) is 30.7. The molecule has 438 valence electrons. The van der Waals surface area contributed by atoms with Crippen molar-refractivity contribution < 1.29 is 9.47 Å². The monoisotopic (exact) mass is 1320 g/mol. The molecule has 0 atom stereocenters.